The van der Waals surface area contributed by atoms with Crippen LogP contribution in [0.2, 0.25) is 0 Å². The number of nitrogens with one attached hydrogen (secondary N) is 2. The molecule has 3 rings (SSSR count). The van der Waals surface area contributed by atoms with E-state index in [-0.39, 0.29) is 11.8 Å². The zero-order chi connectivity index (χ0) is 16.3. The number of amides is 2. The zero-order valence-corrected chi connectivity index (χ0v) is 13.7. The number of carbonyl (C=O) groups is 2. The lowest BCUT2D eigenvalue weighted by Gasteiger charge is -2.44. The third kappa shape index (κ3) is 3.72. The number of rotatable bonds is 2. The van der Waals surface area contributed by atoms with Crippen molar-refractivity contribution in [3.63, 3.8) is 0 Å². The van der Waals surface area contributed by atoms with E-state index in [2.05, 4.69) is 10.6 Å². The lowest BCUT2D eigenvalue weighted by Crippen LogP contribution is -2.47. The lowest BCUT2D eigenvalue weighted by molar-refractivity contribution is -0.114. The molecular formula is C18H25N3O2. The quantitative estimate of drug-likeness (QED) is 0.880. The molecule has 5 nitrogen and oxygen atoms in total. The Morgan fingerprint density at radius 3 is 2.22 bits per heavy atom. The number of likely N-dealkylation sites (tertiary alicyclic amines) is 1. The number of hydrogen-bond donors (Lipinski definition) is 2. The largest absolute Gasteiger partial charge is 0.339 e. The molecule has 2 saturated heterocycles. The van der Waals surface area contributed by atoms with Crippen LogP contribution < -0.4 is 10.6 Å². The monoisotopic (exact) mass is 315 g/mol. The molecule has 2 fully saturated rings. The van der Waals surface area contributed by atoms with Gasteiger partial charge in [-0.3, -0.25) is 9.59 Å². The highest BCUT2D eigenvalue weighted by molar-refractivity contribution is 5.95. The van der Waals surface area contributed by atoms with E-state index in [1.807, 2.05) is 4.90 Å². The van der Waals surface area contributed by atoms with Gasteiger partial charge in [0, 0.05) is 31.3 Å². The molecule has 1 aromatic carbocycles. The number of nitrogens with zero attached hydrogens (tertiary/aromatic N) is 1. The van der Waals surface area contributed by atoms with E-state index < -0.39 is 0 Å². The molecule has 2 amide bonds. The highest BCUT2D eigenvalue weighted by Gasteiger charge is 2.36. The first-order valence-electron chi connectivity index (χ1n) is 8.46. The maximum atomic E-state index is 12.6. The molecule has 1 spiro atoms. The average molecular weight is 315 g/mol. The van der Waals surface area contributed by atoms with Crippen LogP contribution in [-0.4, -0.2) is 42.9 Å². The van der Waals surface area contributed by atoms with E-state index in [1.165, 1.54) is 19.8 Å². The fraction of sp³-hybridized carbons (Fsp3) is 0.556. The van der Waals surface area contributed by atoms with E-state index in [9.17, 15) is 9.59 Å². The minimum Gasteiger partial charge on any atom is -0.339 e. The van der Waals surface area contributed by atoms with Crippen molar-refractivity contribution in [2.24, 2.45) is 5.41 Å². The van der Waals surface area contributed by atoms with Crippen LogP contribution in [0, 0.1) is 5.41 Å². The minimum atomic E-state index is -0.104. The third-order valence-electron chi connectivity index (χ3n) is 5.23. The Morgan fingerprint density at radius 2 is 1.65 bits per heavy atom. The van der Waals surface area contributed by atoms with Crippen LogP contribution in [-0.2, 0) is 4.79 Å². The first-order valence-corrected chi connectivity index (χ1v) is 8.46. The van der Waals surface area contributed by atoms with E-state index >= 15 is 0 Å². The maximum Gasteiger partial charge on any atom is 0.253 e. The van der Waals surface area contributed by atoms with Gasteiger partial charge >= 0.3 is 0 Å². The molecule has 2 N–H and O–H groups in total. The van der Waals surface area contributed by atoms with Crippen LogP contribution in [0.1, 0.15) is 43.0 Å². The summed E-state index contributed by atoms with van der Waals surface area (Å²) in [6.07, 6.45) is 4.70. The summed E-state index contributed by atoms with van der Waals surface area (Å²) < 4.78 is 0. The first-order chi connectivity index (χ1) is 11.1. The molecule has 124 valence electrons. The van der Waals surface area contributed by atoms with Crippen LogP contribution in [0.15, 0.2) is 24.3 Å². The van der Waals surface area contributed by atoms with Crippen molar-refractivity contribution in [3.05, 3.63) is 29.8 Å². The number of piperidine rings is 2. The molecule has 2 heterocycles. The van der Waals surface area contributed by atoms with Crippen molar-refractivity contribution in [3.8, 4) is 0 Å². The van der Waals surface area contributed by atoms with Gasteiger partial charge in [0.25, 0.3) is 5.91 Å². The lowest BCUT2D eigenvalue weighted by atomic mass is 9.71. The van der Waals surface area contributed by atoms with Crippen molar-refractivity contribution < 1.29 is 9.59 Å². The van der Waals surface area contributed by atoms with Crippen molar-refractivity contribution in [2.75, 3.05) is 31.5 Å². The molecule has 5 heteroatoms. The smallest absolute Gasteiger partial charge is 0.253 e. The predicted molar refractivity (Wildman–Crippen MR) is 90.4 cm³/mol. The van der Waals surface area contributed by atoms with Crippen molar-refractivity contribution in [2.45, 2.75) is 32.6 Å². The topological polar surface area (TPSA) is 61.4 Å². The summed E-state index contributed by atoms with van der Waals surface area (Å²) >= 11 is 0. The normalized spacial score (nSPS) is 20.3. The summed E-state index contributed by atoms with van der Waals surface area (Å²) in [6.45, 7) is 5.40. The maximum absolute atomic E-state index is 12.6. The van der Waals surface area contributed by atoms with Gasteiger partial charge in [-0.1, -0.05) is 0 Å². The summed E-state index contributed by atoms with van der Waals surface area (Å²) in [5.41, 5.74) is 1.87. The van der Waals surface area contributed by atoms with Gasteiger partial charge in [0.2, 0.25) is 5.91 Å². The Bertz CT molecular complexity index is 566. The molecule has 1 aromatic rings. The number of carbonyl (C=O) groups excluding carboxylic acids is 2. The number of benzene rings is 1. The summed E-state index contributed by atoms with van der Waals surface area (Å²) in [4.78, 5) is 25.6. The molecule has 0 bridgehead atoms. The van der Waals surface area contributed by atoms with Gasteiger partial charge < -0.3 is 15.5 Å². The first kappa shape index (κ1) is 16.0. The molecule has 23 heavy (non-hydrogen) atoms. The predicted octanol–water partition coefficient (Wildman–Crippen LogP) is 2.25. The summed E-state index contributed by atoms with van der Waals surface area (Å²) in [7, 11) is 0. The molecule has 2 aliphatic rings. The fourth-order valence-electron chi connectivity index (χ4n) is 3.72. The summed E-state index contributed by atoms with van der Waals surface area (Å²) in [5, 5.41) is 6.14. The van der Waals surface area contributed by atoms with Crippen molar-refractivity contribution in [1.82, 2.24) is 10.2 Å². The van der Waals surface area contributed by atoms with Crippen LogP contribution in [0.5, 0.6) is 0 Å². The fourth-order valence-corrected chi connectivity index (χ4v) is 3.72. The molecule has 0 saturated carbocycles. The van der Waals surface area contributed by atoms with Crippen LogP contribution in [0.4, 0.5) is 5.69 Å². The van der Waals surface area contributed by atoms with Crippen molar-refractivity contribution >= 4 is 17.5 Å². The number of anilines is 1. The van der Waals surface area contributed by atoms with Gasteiger partial charge in [-0.15, -0.1) is 0 Å². The summed E-state index contributed by atoms with van der Waals surface area (Å²) in [6, 6.07) is 7.16. The molecule has 0 aliphatic carbocycles. The van der Waals surface area contributed by atoms with Crippen molar-refractivity contribution in [1.29, 1.82) is 0 Å². The molecule has 0 radical (unpaired) electrons. The zero-order valence-electron chi connectivity index (χ0n) is 13.7. The second-order valence-corrected chi connectivity index (χ2v) is 6.80. The highest BCUT2D eigenvalue weighted by atomic mass is 16.2. The van der Waals surface area contributed by atoms with Gasteiger partial charge in [-0.2, -0.15) is 0 Å². The number of hydrogen-bond acceptors (Lipinski definition) is 3. The molecule has 0 atom stereocenters. The SMILES string of the molecule is CC(=O)Nc1ccc(C(=O)N2CCC3(CCNCC3)CC2)cc1. The second kappa shape index (κ2) is 6.71. The molecule has 2 aliphatic heterocycles. The Morgan fingerprint density at radius 1 is 1.04 bits per heavy atom. The van der Waals surface area contributed by atoms with Crippen LogP contribution in [0.25, 0.3) is 0 Å². The molecule has 0 unspecified atom stereocenters. The van der Waals surface area contributed by atoms with Gasteiger partial charge in [-0.05, 0) is 68.5 Å². The van der Waals surface area contributed by atoms with E-state index in [1.54, 1.807) is 24.3 Å². The third-order valence-corrected chi connectivity index (χ3v) is 5.23. The standard InChI is InChI=1S/C18H25N3O2/c1-14(22)20-16-4-2-15(3-5-16)17(23)21-12-8-18(9-13-21)6-10-19-11-7-18/h2-5,19H,6-13H2,1H3,(H,20,22). The van der Waals surface area contributed by atoms with Crippen LogP contribution in [0.3, 0.4) is 0 Å². The molecular weight excluding hydrogens is 290 g/mol. The van der Waals surface area contributed by atoms with E-state index in [0.29, 0.717) is 11.0 Å². The van der Waals surface area contributed by atoms with Gasteiger partial charge in [0.05, 0.1) is 0 Å². The Balaban J connectivity index is 1.59. The average Bonchev–Trinajstić information content (AvgIpc) is 2.56. The minimum absolute atomic E-state index is 0.100. The Hall–Kier alpha value is -1.88. The van der Waals surface area contributed by atoms with Crippen LogP contribution >= 0.6 is 0 Å². The van der Waals surface area contributed by atoms with E-state index in [0.717, 1.165) is 44.7 Å². The summed E-state index contributed by atoms with van der Waals surface area (Å²) in [5.74, 6) is -0.00413. The second-order valence-electron chi connectivity index (χ2n) is 6.80. The van der Waals surface area contributed by atoms with E-state index in [4.69, 9.17) is 0 Å². The Kier molecular flexibility index (Phi) is 4.66. The molecule has 0 aromatic heterocycles. The van der Waals surface area contributed by atoms with Gasteiger partial charge in [0.15, 0.2) is 0 Å². The van der Waals surface area contributed by atoms with Gasteiger partial charge in [-0.25, -0.2) is 0 Å². The van der Waals surface area contributed by atoms with Gasteiger partial charge in [0.1, 0.15) is 0 Å². The highest BCUT2D eigenvalue weighted by Crippen LogP contribution is 2.39. The Labute approximate surface area is 137 Å².